The van der Waals surface area contributed by atoms with Crippen LogP contribution in [0.15, 0.2) is 42.6 Å². The summed E-state index contributed by atoms with van der Waals surface area (Å²) in [5, 5.41) is 3.11. The monoisotopic (exact) mass is 316 g/mol. The van der Waals surface area contributed by atoms with Crippen LogP contribution in [0.5, 0.6) is 5.75 Å². The SMILES string of the molecule is CNc1cccnc1C=Cc1ccccc1OCCOCCF. The molecule has 2 rings (SSSR count). The number of alkyl halides is 1. The highest BCUT2D eigenvalue weighted by molar-refractivity contribution is 5.76. The topological polar surface area (TPSA) is 43.4 Å². The summed E-state index contributed by atoms with van der Waals surface area (Å²) in [5.74, 6) is 0.759. The van der Waals surface area contributed by atoms with E-state index >= 15 is 0 Å². The number of halogens is 1. The zero-order chi connectivity index (χ0) is 16.3. The lowest BCUT2D eigenvalue weighted by molar-refractivity contribution is 0.0896. The third-order valence-electron chi connectivity index (χ3n) is 3.15. The van der Waals surface area contributed by atoms with Crippen molar-refractivity contribution in [1.29, 1.82) is 0 Å². The van der Waals surface area contributed by atoms with Crippen LogP contribution in [0.2, 0.25) is 0 Å². The first kappa shape index (κ1) is 17.0. The first-order valence-electron chi connectivity index (χ1n) is 7.51. The Morgan fingerprint density at radius 1 is 1.09 bits per heavy atom. The minimum Gasteiger partial charge on any atom is -0.491 e. The molecule has 2 aromatic rings. The van der Waals surface area contributed by atoms with Gasteiger partial charge in [0.2, 0.25) is 0 Å². The van der Waals surface area contributed by atoms with Crippen molar-refractivity contribution in [2.75, 3.05) is 38.9 Å². The fourth-order valence-electron chi connectivity index (χ4n) is 2.05. The number of nitrogens with one attached hydrogen (secondary N) is 1. The molecular formula is C18H21FN2O2. The highest BCUT2D eigenvalue weighted by Crippen LogP contribution is 2.22. The molecule has 0 fully saturated rings. The second-order valence-corrected chi connectivity index (χ2v) is 4.71. The molecular weight excluding hydrogens is 295 g/mol. The molecule has 1 heterocycles. The van der Waals surface area contributed by atoms with Gasteiger partial charge in [0.25, 0.3) is 0 Å². The third-order valence-corrected chi connectivity index (χ3v) is 3.15. The first-order chi connectivity index (χ1) is 11.3. The van der Waals surface area contributed by atoms with E-state index in [4.69, 9.17) is 9.47 Å². The van der Waals surface area contributed by atoms with Crippen molar-refractivity contribution in [3.63, 3.8) is 0 Å². The molecule has 23 heavy (non-hydrogen) atoms. The molecule has 0 unspecified atom stereocenters. The molecule has 1 aromatic carbocycles. The number of pyridine rings is 1. The lowest BCUT2D eigenvalue weighted by atomic mass is 10.1. The summed E-state index contributed by atoms with van der Waals surface area (Å²) in [6, 6.07) is 11.6. The second-order valence-electron chi connectivity index (χ2n) is 4.71. The molecule has 0 atom stereocenters. The van der Waals surface area contributed by atoms with Crippen molar-refractivity contribution in [1.82, 2.24) is 4.98 Å². The van der Waals surface area contributed by atoms with Crippen molar-refractivity contribution in [3.05, 3.63) is 53.9 Å². The summed E-state index contributed by atoms with van der Waals surface area (Å²) < 4.78 is 22.7. The van der Waals surface area contributed by atoms with Crippen LogP contribution < -0.4 is 10.1 Å². The Labute approximate surface area is 136 Å². The van der Waals surface area contributed by atoms with E-state index in [-0.39, 0.29) is 6.61 Å². The van der Waals surface area contributed by atoms with Gasteiger partial charge in [-0.25, -0.2) is 4.39 Å². The molecule has 4 nitrogen and oxygen atoms in total. The summed E-state index contributed by atoms with van der Waals surface area (Å²) in [7, 11) is 1.86. The van der Waals surface area contributed by atoms with Crippen LogP contribution in [0.4, 0.5) is 10.1 Å². The Bertz CT molecular complexity index is 632. The molecule has 0 amide bonds. The van der Waals surface area contributed by atoms with Gasteiger partial charge in [-0.1, -0.05) is 18.2 Å². The first-order valence-corrected chi connectivity index (χ1v) is 7.51. The lowest BCUT2D eigenvalue weighted by Gasteiger charge is -2.09. The van der Waals surface area contributed by atoms with Gasteiger partial charge in [0, 0.05) is 18.8 Å². The van der Waals surface area contributed by atoms with E-state index < -0.39 is 6.67 Å². The van der Waals surface area contributed by atoms with Crippen LogP contribution in [-0.2, 0) is 4.74 Å². The maximum atomic E-state index is 11.9. The van der Waals surface area contributed by atoms with Crippen LogP contribution in [-0.4, -0.2) is 38.5 Å². The molecule has 1 N–H and O–H groups in total. The van der Waals surface area contributed by atoms with Crippen molar-refractivity contribution >= 4 is 17.8 Å². The zero-order valence-electron chi connectivity index (χ0n) is 13.2. The van der Waals surface area contributed by atoms with Gasteiger partial charge < -0.3 is 14.8 Å². The fraction of sp³-hybridized carbons (Fsp3) is 0.278. The van der Waals surface area contributed by atoms with Gasteiger partial charge in [0.15, 0.2) is 0 Å². The normalized spacial score (nSPS) is 10.9. The predicted molar refractivity (Wildman–Crippen MR) is 91.4 cm³/mol. The van der Waals surface area contributed by atoms with Gasteiger partial charge in [-0.15, -0.1) is 0 Å². The van der Waals surface area contributed by atoms with Crippen LogP contribution >= 0.6 is 0 Å². The highest BCUT2D eigenvalue weighted by atomic mass is 19.1. The van der Waals surface area contributed by atoms with Gasteiger partial charge in [-0.05, 0) is 30.4 Å². The van der Waals surface area contributed by atoms with E-state index in [1.54, 1.807) is 6.20 Å². The van der Waals surface area contributed by atoms with Crippen LogP contribution in [0.1, 0.15) is 11.3 Å². The van der Waals surface area contributed by atoms with E-state index in [1.807, 2.05) is 55.6 Å². The van der Waals surface area contributed by atoms with E-state index in [1.165, 1.54) is 0 Å². The Balaban J connectivity index is 2.03. The van der Waals surface area contributed by atoms with E-state index in [0.717, 1.165) is 22.7 Å². The molecule has 0 radical (unpaired) electrons. The molecule has 0 saturated carbocycles. The average molecular weight is 316 g/mol. The van der Waals surface area contributed by atoms with Crippen LogP contribution in [0.3, 0.4) is 0 Å². The Morgan fingerprint density at radius 2 is 1.96 bits per heavy atom. The lowest BCUT2D eigenvalue weighted by Crippen LogP contribution is -2.08. The molecule has 0 aliphatic heterocycles. The number of aromatic nitrogens is 1. The van der Waals surface area contributed by atoms with Crippen molar-refractivity contribution in [2.24, 2.45) is 0 Å². The van der Waals surface area contributed by atoms with Gasteiger partial charge in [0.1, 0.15) is 19.0 Å². The van der Waals surface area contributed by atoms with Gasteiger partial charge in [-0.3, -0.25) is 4.98 Å². The number of anilines is 1. The summed E-state index contributed by atoms with van der Waals surface area (Å²) in [4.78, 5) is 4.34. The largest absolute Gasteiger partial charge is 0.491 e. The summed E-state index contributed by atoms with van der Waals surface area (Å²) in [6.45, 7) is 0.386. The Kier molecular flexibility index (Phi) is 7.07. The molecule has 0 saturated heterocycles. The number of hydrogen-bond acceptors (Lipinski definition) is 4. The smallest absolute Gasteiger partial charge is 0.126 e. The summed E-state index contributed by atoms with van der Waals surface area (Å²) in [5.41, 5.74) is 2.77. The summed E-state index contributed by atoms with van der Waals surface area (Å²) in [6.07, 6.45) is 5.65. The molecule has 122 valence electrons. The number of rotatable bonds is 9. The average Bonchev–Trinajstić information content (AvgIpc) is 2.61. The van der Waals surface area contributed by atoms with E-state index in [0.29, 0.717) is 13.2 Å². The minimum absolute atomic E-state index is 0.109. The highest BCUT2D eigenvalue weighted by Gasteiger charge is 2.01. The fourth-order valence-corrected chi connectivity index (χ4v) is 2.05. The molecule has 5 heteroatoms. The molecule has 0 aliphatic rings. The standard InChI is InChI=1S/C18H21FN2O2/c1-20-16-6-4-11-21-17(16)9-8-15-5-2-3-7-18(15)23-14-13-22-12-10-19/h2-9,11,20H,10,12-14H2,1H3. The van der Waals surface area contributed by atoms with Crippen LogP contribution in [0.25, 0.3) is 12.2 Å². The number of hydrogen-bond donors (Lipinski definition) is 1. The third kappa shape index (κ3) is 5.38. The zero-order valence-corrected chi connectivity index (χ0v) is 13.2. The maximum Gasteiger partial charge on any atom is 0.126 e. The second kappa shape index (κ2) is 9.58. The summed E-state index contributed by atoms with van der Waals surface area (Å²) >= 11 is 0. The van der Waals surface area contributed by atoms with Gasteiger partial charge >= 0.3 is 0 Å². The van der Waals surface area contributed by atoms with Gasteiger partial charge in [0.05, 0.1) is 24.6 Å². The number of para-hydroxylation sites is 1. The van der Waals surface area contributed by atoms with Crippen molar-refractivity contribution in [3.8, 4) is 5.75 Å². The predicted octanol–water partition coefficient (Wildman–Crippen LogP) is 3.66. The maximum absolute atomic E-state index is 11.9. The van der Waals surface area contributed by atoms with E-state index in [2.05, 4.69) is 10.3 Å². The molecule has 1 aromatic heterocycles. The molecule has 0 bridgehead atoms. The minimum atomic E-state index is -0.475. The Morgan fingerprint density at radius 3 is 2.78 bits per heavy atom. The Hall–Kier alpha value is -2.40. The quantitative estimate of drug-likeness (QED) is 0.717. The van der Waals surface area contributed by atoms with Crippen molar-refractivity contribution in [2.45, 2.75) is 0 Å². The number of benzene rings is 1. The number of ether oxygens (including phenoxy) is 2. The molecule has 0 spiro atoms. The van der Waals surface area contributed by atoms with E-state index in [9.17, 15) is 4.39 Å². The van der Waals surface area contributed by atoms with Gasteiger partial charge in [-0.2, -0.15) is 0 Å². The van der Waals surface area contributed by atoms with Crippen molar-refractivity contribution < 1.29 is 13.9 Å². The number of nitrogens with zero attached hydrogens (tertiary/aromatic N) is 1. The van der Waals surface area contributed by atoms with Crippen LogP contribution in [0, 0.1) is 0 Å². The molecule has 0 aliphatic carbocycles.